The first-order valence-corrected chi connectivity index (χ1v) is 7.04. The van der Waals surface area contributed by atoms with E-state index in [4.69, 9.17) is 5.26 Å². The van der Waals surface area contributed by atoms with Crippen molar-refractivity contribution in [3.63, 3.8) is 0 Å². The van der Waals surface area contributed by atoms with Crippen LogP contribution in [0.2, 0.25) is 0 Å². The van der Waals surface area contributed by atoms with Crippen LogP contribution in [0.15, 0.2) is 18.2 Å². The molecular formula is C16H18N2O. The van der Waals surface area contributed by atoms with Gasteiger partial charge in [-0.05, 0) is 42.4 Å². The normalized spacial score (nSPS) is 22.2. The number of rotatable bonds is 2. The minimum Gasteiger partial charge on any atom is -0.337 e. The molecule has 1 aromatic rings. The van der Waals surface area contributed by atoms with Crippen LogP contribution in [0.5, 0.6) is 0 Å². The van der Waals surface area contributed by atoms with Gasteiger partial charge in [0, 0.05) is 19.5 Å². The lowest BCUT2D eigenvalue weighted by molar-refractivity contribution is -0.134. The molecule has 1 aliphatic heterocycles. The van der Waals surface area contributed by atoms with Gasteiger partial charge in [-0.2, -0.15) is 5.26 Å². The zero-order valence-electron chi connectivity index (χ0n) is 11.1. The van der Waals surface area contributed by atoms with E-state index in [2.05, 4.69) is 24.3 Å². The lowest BCUT2D eigenvalue weighted by Crippen LogP contribution is -2.38. The number of nitriles is 1. The Kier molecular flexibility index (Phi) is 3.25. The van der Waals surface area contributed by atoms with E-state index in [1.54, 1.807) is 0 Å². The number of amides is 1. The SMILES string of the molecule is N#CC1CCC(=O)N(Cc2ccc3c(c2)CCC3)C1. The quantitative estimate of drug-likeness (QED) is 0.813. The van der Waals surface area contributed by atoms with E-state index in [0.717, 1.165) is 12.8 Å². The first-order chi connectivity index (χ1) is 9.26. The van der Waals surface area contributed by atoms with E-state index in [1.807, 2.05) is 4.90 Å². The highest BCUT2D eigenvalue weighted by Crippen LogP contribution is 2.25. The van der Waals surface area contributed by atoms with Gasteiger partial charge in [0.2, 0.25) is 5.91 Å². The van der Waals surface area contributed by atoms with Crippen LogP contribution in [0, 0.1) is 17.2 Å². The van der Waals surface area contributed by atoms with Crippen molar-refractivity contribution in [3.05, 3.63) is 34.9 Å². The number of likely N-dealkylation sites (tertiary alicyclic amines) is 1. The lowest BCUT2D eigenvalue weighted by atomic mass is 9.98. The van der Waals surface area contributed by atoms with Gasteiger partial charge in [0.15, 0.2) is 0 Å². The Morgan fingerprint density at radius 1 is 1.26 bits per heavy atom. The predicted molar refractivity (Wildman–Crippen MR) is 72.2 cm³/mol. The van der Waals surface area contributed by atoms with Crippen molar-refractivity contribution in [2.24, 2.45) is 5.92 Å². The number of hydrogen-bond acceptors (Lipinski definition) is 2. The molecule has 0 radical (unpaired) electrons. The standard InChI is InChI=1S/C16H18N2O/c17-9-13-5-7-16(19)18(11-13)10-12-4-6-14-2-1-3-15(14)8-12/h4,6,8,13H,1-3,5,7,10-11H2. The summed E-state index contributed by atoms with van der Waals surface area (Å²) >= 11 is 0. The summed E-state index contributed by atoms with van der Waals surface area (Å²) in [6.45, 7) is 1.25. The van der Waals surface area contributed by atoms with Gasteiger partial charge in [0.05, 0.1) is 12.0 Å². The van der Waals surface area contributed by atoms with Crippen molar-refractivity contribution < 1.29 is 4.79 Å². The Morgan fingerprint density at radius 2 is 2.11 bits per heavy atom. The summed E-state index contributed by atoms with van der Waals surface area (Å²) < 4.78 is 0. The number of carbonyl (C=O) groups is 1. The molecule has 1 heterocycles. The van der Waals surface area contributed by atoms with Gasteiger partial charge >= 0.3 is 0 Å². The maximum absolute atomic E-state index is 11.9. The molecule has 1 unspecified atom stereocenters. The Morgan fingerprint density at radius 3 is 2.95 bits per heavy atom. The molecule has 0 N–H and O–H groups in total. The molecule has 1 aliphatic carbocycles. The summed E-state index contributed by atoms with van der Waals surface area (Å²) in [5.41, 5.74) is 4.11. The minimum atomic E-state index is 0.00660. The molecule has 1 fully saturated rings. The van der Waals surface area contributed by atoms with Gasteiger partial charge in [-0.15, -0.1) is 0 Å². The third-order valence-corrected chi connectivity index (χ3v) is 4.22. The largest absolute Gasteiger partial charge is 0.337 e. The number of benzene rings is 1. The van der Waals surface area contributed by atoms with Gasteiger partial charge in [0.25, 0.3) is 0 Å². The van der Waals surface area contributed by atoms with Crippen molar-refractivity contribution in [2.45, 2.75) is 38.6 Å². The molecule has 0 spiro atoms. The van der Waals surface area contributed by atoms with Crippen molar-refractivity contribution in [1.82, 2.24) is 4.90 Å². The number of hydrogen-bond donors (Lipinski definition) is 0. The highest BCUT2D eigenvalue weighted by molar-refractivity contribution is 5.77. The molecule has 0 saturated carbocycles. The summed E-state index contributed by atoms with van der Waals surface area (Å²) in [4.78, 5) is 13.8. The first kappa shape index (κ1) is 12.2. The molecular weight excluding hydrogens is 236 g/mol. The Bertz CT molecular complexity index is 544. The topological polar surface area (TPSA) is 44.1 Å². The van der Waals surface area contributed by atoms with Crippen molar-refractivity contribution >= 4 is 5.91 Å². The number of aryl methyl sites for hydroxylation is 2. The predicted octanol–water partition coefficient (Wildman–Crippen LogP) is 2.44. The zero-order valence-corrected chi connectivity index (χ0v) is 11.1. The van der Waals surface area contributed by atoms with E-state index < -0.39 is 0 Å². The monoisotopic (exact) mass is 254 g/mol. The number of carbonyl (C=O) groups excluding carboxylic acids is 1. The summed E-state index contributed by atoms with van der Waals surface area (Å²) in [7, 11) is 0. The van der Waals surface area contributed by atoms with Crippen LogP contribution >= 0.6 is 0 Å². The van der Waals surface area contributed by atoms with E-state index in [9.17, 15) is 4.79 Å². The molecule has 3 nitrogen and oxygen atoms in total. The molecule has 2 aliphatic rings. The number of nitrogens with zero attached hydrogens (tertiary/aromatic N) is 2. The summed E-state index contributed by atoms with van der Waals surface area (Å²) in [6, 6.07) is 8.86. The molecule has 1 saturated heterocycles. The molecule has 3 heteroatoms. The molecule has 19 heavy (non-hydrogen) atoms. The van der Waals surface area contributed by atoms with Crippen LogP contribution in [0.3, 0.4) is 0 Å². The van der Waals surface area contributed by atoms with Gasteiger partial charge in [-0.25, -0.2) is 0 Å². The molecule has 98 valence electrons. The van der Waals surface area contributed by atoms with Crippen LogP contribution in [0.25, 0.3) is 0 Å². The molecule has 1 amide bonds. The second-order valence-electron chi connectivity index (χ2n) is 5.60. The van der Waals surface area contributed by atoms with E-state index in [1.165, 1.54) is 29.5 Å². The highest BCUT2D eigenvalue weighted by Gasteiger charge is 2.25. The van der Waals surface area contributed by atoms with Gasteiger partial charge in [-0.1, -0.05) is 18.2 Å². The fourth-order valence-electron chi connectivity index (χ4n) is 3.12. The van der Waals surface area contributed by atoms with E-state index >= 15 is 0 Å². The lowest BCUT2D eigenvalue weighted by Gasteiger charge is -2.29. The molecule has 1 aromatic carbocycles. The first-order valence-electron chi connectivity index (χ1n) is 7.04. The maximum Gasteiger partial charge on any atom is 0.222 e. The van der Waals surface area contributed by atoms with E-state index in [-0.39, 0.29) is 11.8 Å². The van der Waals surface area contributed by atoms with Crippen LogP contribution < -0.4 is 0 Å². The molecule has 1 atom stereocenters. The van der Waals surface area contributed by atoms with Crippen molar-refractivity contribution in [1.29, 1.82) is 5.26 Å². The fourth-order valence-corrected chi connectivity index (χ4v) is 3.12. The molecule has 0 aromatic heterocycles. The highest BCUT2D eigenvalue weighted by atomic mass is 16.2. The van der Waals surface area contributed by atoms with E-state index in [0.29, 0.717) is 19.5 Å². The van der Waals surface area contributed by atoms with Gasteiger partial charge in [0.1, 0.15) is 0 Å². The fraction of sp³-hybridized carbons (Fsp3) is 0.500. The zero-order chi connectivity index (χ0) is 13.2. The maximum atomic E-state index is 11.9. The average molecular weight is 254 g/mol. The Hall–Kier alpha value is -1.82. The number of fused-ring (bicyclic) bond motifs is 1. The van der Waals surface area contributed by atoms with Crippen molar-refractivity contribution in [3.8, 4) is 6.07 Å². The Labute approximate surface area is 113 Å². The van der Waals surface area contributed by atoms with Gasteiger partial charge in [-0.3, -0.25) is 4.79 Å². The number of piperidine rings is 1. The second kappa shape index (κ2) is 5.05. The van der Waals surface area contributed by atoms with Crippen LogP contribution in [0.1, 0.15) is 36.0 Å². The van der Waals surface area contributed by atoms with Crippen LogP contribution in [-0.2, 0) is 24.2 Å². The Balaban J connectivity index is 1.73. The van der Waals surface area contributed by atoms with Gasteiger partial charge < -0.3 is 4.90 Å². The molecule has 3 rings (SSSR count). The van der Waals surface area contributed by atoms with Crippen LogP contribution in [0.4, 0.5) is 0 Å². The van der Waals surface area contributed by atoms with Crippen molar-refractivity contribution in [2.75, 3.05) is 6.54 Å². The third-order valence-electron chi connectivity index (χ3n) is 4.22. The summed E-state index contributed by atoms with van der Waals surface area (Å²) in [5.74, 6) is 0.194. The summed E-state index contributed by atoms with van der Waals surface area (Å²) in [5, 5.41) is 9.00. The van der Waals surface area contributed by atoms with Crippen LogP contribution in [-0.4, -0.2) is 17.4 Å². The smallest absolute Gasteiger partial charge is 0.222 e. The second-order valence-corrected chi connectivity index (χ2v) is 5.60. The third kappa shape index (κ3) is 2.49. The molecule has 0 bridgehead atoms. The minimum absolute atomic E-state index is 0.00660. The average Bonchev–Trinajstić information content (AvgIpc) is 2.89. The summed E-state index contributed by atoms with van der Waals surface area (Å²) in [6.07, 6.45) is 4.84.